The van der Waals surface area contributed by atoms with Crippen molar-refractivity contribution in [2.45, 2.75) is 32.7 Å². The highest BCUT2D eigenvalue weighted by Gasteiger charge is 2.21. The van der Waals surface area contributed by atoms with Crippen molar-refractivity contribution in [2.24, 2.45) is 4.99 Å². The van der Waals surface area contributed by atoms with Gasteiger partial charge in [-0.15, -0.1) is 11.3 Å². The number of nitrogens with one attached hydrogen (secondary N) is 1. The number of anilines is 1. The highest BCUT2D eigenvalue weighted by atomic mass is 32.1. The first-order valence-electron chi connectivity index (χ1n) is 11.4. The van der Waals surface area contributed by atoms with E-state index in [9.17, 15) is 4.79 Å². The van der Waals surface area contributed by atoms with Gasteiger partial charge in [0, 0.05) is 51.4 Å². The standard InChI is InChI=1S/C24H33N5OS/c1-2-25-24(29-15-13-27(14-16-29)22-10-7-17-31-22)26-19-20-8-6-9-21(18-20)23(30)28-11-4-3-5-12-28/h6-10,17-18H,2-5,11-16,19H2,1H3,(H,25,26). The Morgan fingerprint density at radius 3 is 2.52 bits per heavy atom. The summed E-state index contributed by atoms with van der Waals surface area (Å²) in [7, 11) is 0. The number of likely N-dealkylation sites (tertiary alicyclic amines) is 1. The number of amides is 1. The van der Waals surface area contributed by atoms with Crippen LogP contribution in [0.5, 0.6) is 0 Å². The Kier molecular flexibility index (Phi) is 7.46. The van der Waals surface area contributed by atoms with Gasteiger partial charge in [-0.2, -0.15) is 0 Å². The zero-order chi connectivity index (χ0) is 21.5. The topological polar surface area (TPSA) is 51.2 Å². The zero-order valence-electron chi connectivity index (χ0n) is 18.4. The third-order valence-electron chi connectivity index (χ3n) is 5.96. The molecule has 6 nitrogen and oxygen atoms in total. The van der Waals surface area contributed by atoms with Crippen molar-refractivity contribution in [3.8, 4) is 0 Å². The maximum absolute atomic E-state index is 12.8. The Morgan fingerprint density at radius 2 is 1.81 bits per heavy atom. The summed E-state index contributed by atoms with van der Waals surface area (Å²) in [4.78, 5) is 24.5. The molecular weight excluding hydrogens is 406 g/mol. The van der Waals surface area contributed by atoms with Crippen LogP contribution in [0.2, 0.25) is 0 Å². The van der Waals surface area contributed by atoms with Crippen LogP contribution in [0.15, 0.2) is 46.8 Å². The minimum absolute atomic E-state index is 0.155. The number of piperidine rings is 1. The fourth-order valence-electron chi connectivity index (χ4n) is 4.26. The number of hydrogen-bond donors (Lipinski definition) is 1. The number of guanidine groups is 1. The number of piperazine rings is 1. The molecule has 7 heteroatoms. The van der Waals surface area contributed by atoms with Crippen molar-refractivity contribution in [1.82, 2.24) is 15.1 Å². The number of benzene rings is 1. The summed E-state index contributed by atoms with van der Waals surface area (Å²) in [5.74, 6) is 1.11. The first-order valence-corrected chi connectivity index (χ1v) is 12.3. The zero-order valence-corrected chi connectivity index (χ0v) is 19.2. The predicted octanol–water partition coefficient (Wildman–Crippen LogP) is 3.66. The maximum Gasteiger partial charge on any atom is 0.253 e. The van der Waals surface area contributed by atoms with Crippen molar-refractivity contribution < 1.29 is 4.79 Å². The van der Waals surface area contributed by atoms with E-state index in [1.807, 2.05) is 23.1 Å². The molecule has 2 aromatic rings. The van der Waals surface area contributed by atoms with Crippen molar-refractivity contribution in [3.63, 3.8) is 0 Å². The number of carbonyl (C=O) groups is 1. The summed E-state index contributed by atoms with van der Waals surface area (Å²) >= 11 is 1.80. The van der Waals surface area contributed by atoms with Crippen molar-refractivity contribution in [2.75, 3.05) is 50.7 Å². The van der Waals surface area contributed by atoms with Crippen LogP contribution in [-0.4, -0.2) is 67.5 Å². The summed E-state index contributed by atoms with van der Waals surface area (Å²) in [6, 6.07) is 12.3. The molecule has 31 heavy (non-hydrogen) atoms. The van der Waals surface area contributed by atoms with Crippen LogP contribution >= 0.6 is 11.3 Å². The first kappa shape index (κ1) is 21.7. The normalized spacial score (nSPS) is 17.7. The molecule has 166 valence electrons. The van der Waals surface area contributed by atoms with Gasteiger partial charge in [0.05, 0.1) is 11.5 Å². The number of thiophene rings is 1. The molecule has 0 saturated carbocycles. The van der Waals surface area contributed by atoms with Gasteiger partial charge < -0.3 is 20.0 Å². The molecule has 1 amide bonds. The van der Waals surface area contributed by atoms with Crippen LogP contribution in [0.4, 0.5) is 5.00 Å². The van der Waals surface area contributed by atoms with E-state index in [0.717, 1.165) is 75.7 Å². The molecule has 2 aliphatic heterocycles. The highest BCUT2D eigenvalue weighted by Crippen LogP contribution is 2.22. The van der Waals surface area contributed by atoms with Gasteiger partial charge >= 0.3 is 0 Å². The van der Waals surface area contributed by atoms with Gasteiger partial charge in [-0.3, -0.25) is 4.79 Å². The van der Waals surface area contributed by atoms with Crippen LogP contribution in [0, 0.1) is 0 Å². The molecule has 0 unspecified atom stereocenters. The lowest BCUT2D eigenvalue weighted by Gasteiger charge is -2.37. The number of hydrogen-bond acceptors (Lipinski definition) is 4. The highest BCUT2D eigenvalue weighted by molar-refractivity contribution is 7.14. The molecule has 0 atom stereocenters. The molecule has 1 N–H and O–H groups in total. The van der Waals surface area contributed by atoms with E-state index in [2.05, 4.69) is 45.6 Å². The number of rotatable bonds is 5. The van der Waals surface area contributed by atoms with Crippen molar-refractivity contribution in [3.05, 3.63) is 52.9 Å². The maximum atomic E-state index is 12.8. The van der Waals surface area contributed by atoms with Gasteiger partial charge in [0.1, 0.15) is 0 Å². The van der Waals surface area contributed by atoms with E-state index >= 15 is 0 Å². The summed E-state index contributed by atoms with van der Waals surface area (Å²) < 4.78 is 0. The average Bonchev–Trinajstić information content (AvgIpc) is 3.37. The third kappa shape index (κ3) is 5.58. The summed E-state index contributed by atoms with van der Waals surface area (Å²) in [6.45, 7) is 9.21. The molecule has 1 aromatic heterocycles. The van der Waals surface area contributed by atoms with Gasteiger partial charge in [-0.25, -0.2) is 4.99 Å². The largest absolute Gasteiger partial charge is 0.360 e. The quantitative estimate of drug-likeness (QED) is 0.571. The van der Waals surface area contributed by atoms with Crippen LogP contribution in [0.25, 0.3) is 0 Å². The molecular formula is C24H33N5OS. The smallest absolute Gasteiger partial charge is 0.253 e. The molecule has 1 aromatic carbocycles. The molecule has 2 fully saturated rings. The molecule has 2 aliphatic rings. The van der Waals surface area contributed by atoms with Crippen LogP contribution in [-0.2, 0) is 6.54 Å². The summed E-state index contributed by atoms with van der Waals surface area (Å²) in [6.07, 6.45) is 3.45. The monoisotopic (exact) mass is 439 g/mol. The second-order valence-corrected chi connectivity index (χ2v) is 9.07. The number of carbonyl (C=O) groups excluding carboxylic acids is 1. The van der Waals surface area contributed by atoms with Crippen LogP contribution in [0.1, 0.15) is 42.1 Å². The predicted molar refractivity (Wildman–Crippen MR) is 129 cm³/mol. The molecule has 4 rings (SSSR count). The number of aliphatic imine (C=N–C) groups is 1. The van der Waals surface area contributed by atoms with Crippen molar-refractivity contribution >= 4 is 28.2 Å². The van der Waals surface area contributed by atoms with E-state index < -0.39 is 0 Å². The average molecular weight is 440 g/mol. The van der Waals surface area contributed by atoms with Gasteiger partial charge in [0.2, 0.25) is 0 Å². The molecule has 0 radical (unpaired) electrons. The lowest BCUT2D eigenvalue weighted by atomic mass is 10.1. The fourth-order valence-corrected chi connectivity index (χ4v) is 5.05. The summed E-state index contributed by atoms with van der Waals surface area (Å²) in [5.41, 5.74) is 1.86. The number of nitrogens with zero attached hydrogens (tertiary/aromatic N) is 4. The minimum Gasteiger partial charge on any atom is -0.360 e. The Balaban J connectivity index is 1.39. The van der Waals surface area contributed by atoms with E-state index in [1.54, 1.807) is 11.3 Å². The summed E-state index contributed by atoms with van der Waals surface area (Å²) in [5, 5.41) is 6.93. The second kappa shape index (κ2) is 10.7. The first-order chi connectivity index (χ1) is 15.2. The minimum atomic E-state index is 0.155. The van der Waals surface area contributed by atoms with E-state index in [4.69, 9.17) is 4.99 Å². The van der Waals surface area contributed by atoms with E-state index in [0.29, 0.717) is 6.54 Å². The Labute approximate surface area is 189 Å². The lowest BCUT2D eigenvalue weighted by molar-refractivity contribution is 0.0724. The lowest BCUT2D eigenvalue weighted by Crippen LogP contribution is -2.52. The third-order valence-corrected chi connectivity index (χ3v) is 6.89. The van der Waals surface area contributed by atoms with E-state index in [-0.39, 0.29) is 5.91 Å². The Bertz CT molecular complexity index is 868. The van der Waals surface area contributed by atoms with Crippen LogP contribution < -0.4 is 10.2 Å². The van der Waals surface area contributed by atoms with Gasteiger partial charge in [-0.1, -0.05) is 12.1 Å². The van der Waals surface area contributed by atoms with E-state index in [1.165, 1.54) is 11.4 Å². The molecule has 2 saturated heterocycles. The SMILES string of the molecule is CCNC(=NCc1cccc(C(=O)N2CCCCC2)c1)N1CCN(c2cccs2)CC1. The van der Waals surface area contributed by atoms with Crippen molar-refractivity contribution in [1.29, 1.82) is 0 Å². The molecule has 0 spiro atoms. The molecule has 0 bridgehead atoms. The Morgan fingerprint density at radius 1 is 1.00 bits per heavy atom. The Hall–Kier alpha value is -2.54. The fraction of sp³-hybridized carbons (Fsp3) is 0.500. The van der Waals surface area contributed by atoms with Crippen LogP contribution in [0.3, 0.4) is 0 Å². The van der Waals surface area contributed by atoms with Gasteiger partial charge in [0.25, 0.3) is 5.91 Å². The molecule has 0 aliphatic carbocycles. The van der Waals surface area contributed by atoms with Gasteiger partial charge in [0.15, 0.2) is 5.96 Å². The molecule has 3 heterocycles. The second-order valence-electron chi connectivity index (χ2n) is 8.15. The van der Waals surface area contributed by atoms with Gasteiger partial charge in [-0.05, 0) is 61.4 Å².